The SMILES string of the molecule is C=CCN(CC(=O)O)C(=O)c1ccc(CN(CC)CC)o1. The lowest BCUT2D eigenvalue weighted by atomic mass is 10.3. The molecular weight excluding hydrogens is 272 g/mol. The second kappa shape index (κ2) is 8.26. The number of nitrogens with zero attached hydrogens (tertiary/aromatic N) is 2. The van der Waals surface area contributed by atoms with Crippen molar-refractivity contribution in [1.82, 2.24) is 9.80 Å². The number of rotatable bonds is 9. The lowest BCUT2D eigenvalue weighted by Crippen LogP contribution is -2.35. The second-order valence-electron chi connectivity index (χ2n) is 4.60. The summed E-state index contributed by atoms with van der Waals surface area (Å²) in [5, 5.41) is 8.83. The van der Waals surface area contributed by atoms with Crippen molar-refractivity contribution in [3.63, 3.8) is 0 Å². The van der Waals surface area contributed by atoms with Crippen LogP contribution < -0.4 is 0 Å². The zero-order valence-electron chi connectivity index (χ0n) is 12.5. The quantitative estimate of drug-likeness (QED) is 0.703. The summed E-state index contributed by atoms with van der Waals surface area (Å²) in [7, 11) is 0. The molecule has 0 fully saturated rings. The monoisotopic (exact) mass is 294 g/mol. The van der Waals surface area contributed by atoms with Gasteiger partial charge in [0.2, 0.25) is 0 Å². The Morgan fingerprint density at radius 3 is 2.52 bits per heavy atom. The molecule has 1 aromatic heterocycles. The number of carboxylic acids is 1. The maximum atomic E-state index is 12.2. The molecule has 0 radical (unpaired) electrons. The molecule has 1 rings (SSSR count). The standard InChI is InChI=1S/C15H22N2O4/c1-4-9-17(11-14(18)19)15(20)13-8-7-12(21-13)10-16(5-2)6-3/h4,7-8H,1,5-6,9-11H2,2-3H3,(H,18,19). The summed E-state index contributed by atoms with van der Waals surface area (Å²) < 4.78 is 5.53. The predicted octanol–water partition coefficient (Wildman–Crippen LogP) is 1.83. The van der Waals surface area contributed by atoms with Crippen LogP contribution in [0.3, 0.4) is 0 Å². The molecule has 0 saturated heterocycles. The van der Waals surface area contributed by atoms with E-state index in [1.165, 1.54) is 11.0 Å². The Morgan fingerprint density at radius 2 is 2.00 bits per heavy atom. The minimum atomic E-state index is -1.07. The normalized spacial score (nSPS) is 10.6. The minimum Gasteiger partial charge on any atom is -0.480 e. The number of hydrogen-bond donors (Lipinski definition) is 1. The average Bonchev–Trinajstić information content (AvgIpc) is 2.91. The molecule has 0 saturated carbocycles. The molecule has 0 bridgehead atoms. The van der Waals surface area contributed by atoms with Gasteiger partial charge in [-0.15, -0.1) is 6.58 Å². The first-order valence-corrected chi connectivity index (χ1v) is 6.94. The molecular formula is C15H22N2O4. The summed E-state index contributed by atoms with van der Waals surface area (Å²) in [6, 6.07) is 3.33. The zero-order valence-corrected chi connectivity index (χ0v) is 12.5. The maximum absolute atomic E-state index is 12.2. The molecule has 1 N–H and O–H groups in total. The van der Waals surface area contributed by atoms with Crippen molar-refractivity contribution in [2.24, 2.45) is 0 Å². The molecule has 0 aliphatic rings. The Bertz CT molecular complexity index is 492. The van der Waals surface area contributed by atoms with E-state index in [1.54, 1.807) is 12.1 Å². The van der Waals surface area contributed by atoms with Crippen LogP contribution in [-0.4, -0.2) is 53.0 Å². The van der Waals surface area contributed by atoms with Crippen LogP contribution in [0.15, 0.2) is 29.2 Å². The maximum Gasteiger partial charge on any atom is 0.323 e. The average molecular weight is 294 g/mol. The molecule has 0 unspecified atom stereocenters. The van der Waals surface area contributed by atoms with Gasteiger partial charge in [-0.3, -0.25) is 14.5 Å². The van der Waals surface area contributed by atoms with E-state index in [4.69, 9.17) is 9.52 Å². The summed E-state index contributed by atoms with van der Waals surface area (Å²) in [6.45, 7) is 9.83. The van der Waals surface area contributed by atoms with E-state index in [0.717, 1.165) is 13.1 Å². The highest BCUT2D eigenvalue weighted by atomic mass is 16.4. The Balaban J connectivity index is 2.79. The molecule has 1 heterocycles. The van der Waals surface area contributed by atoms with Gasteiger partial charge in [0.15, 0.2) is 5.76 Å². The van der Waals surface area contributed by atoms with Crippen LogP contribution in [0, 0.1) is 0 Å². The van der Waals surface area contributed by atoms with Gasteiger partial charge in [-0.2, -0.15) is 0 Å². The van der Waals surface area contributed by atoms with E-state index < -0.39 is 11.9 Å². The van der Waals surface area contributed by atoms with Crippen molar-refractivity contribution >= 4 is 11.9 Å². The fraction of sp³-hybridized carbons (Fsp3) is 0.467. The van der Waals surface area contributed by atoms with Crippen molar-refractivity contribution in [1.29, 1.82) is 0 Å². The van der Waals surface area contributed by atoms with Crippen LogP contribution in [0.4, 0.5) is 0 Å². The molecule has 0 aliphatic heterocycles. The Hall–Kier alpha value is -2.08. The molecule has 1 aromatic rings. The van der Waals surface area contributed by atoms with Gasteiger partial charge >= 0.3 is 5.97 Å². The third-order valence-corrected chi connectivity index (χ3v) is 3.11. The number of carbonyl (C=O) groups excluding carboxylic acids is 1. The van der Waals surface area contributed by atoms with E-state index >= 15 is 0 Å². The fourth-order valence-corrected chi connectivity index (χ4v) is 1.94. The van der Waals surface area contributed by atoms with Crippen molar-refractivity contribution < 1.29 is 19.1 Å². The molecule has 0 aromatic carbocycles. The summed E-state index contributed by atoms with van der Waals surface area (Å²) in [5.41, 5.74) is 0. The van der Waals surface area contributed by atoms with E-state index in [1.807, 2.05) is 0 Å². The number of amides is 1. The van der Waals surface area contributed by atoms with Crippen LogP contribution in [-0.2, 0) is 11.3 Å². The van der Waals surface area contributed by atoms with E-state index in [2.05, 4.69) is 25.3 Å². The lowest BCUT2D eigenvalue weighted by molar-refractivity contribution is -0.137. The van der Waals surface area contributed by atoms with Gasteiger partial charge in [-0.1, -0.05) is 19.9 Å². The smallest absolute Gasteiger partial charge is 0.323 e. The van der Waals surface area contributed by atoms with E-state index in [9.17, 15) is 9.59 Å². The lowest BCUT2D eigenvalue weighted by Gasteiger charge is -2.17. The second-order valence-corrected chi connectivity index (χ2v) is 4.60. The van der Waals surface area contributed by atoms with Crippen molar-refractivity contribution in [2.75, 3.05) is 26.2 Å². The molecule has 6 heteroatoms. The van der Waals surface area contributed by atoms with Gasteiger partial charge in [0.25, 0.3) is 5.91 Å². The van der Waals surface area contributed by atoms with Gasteiger partial charge in [0, 0.05) is 6.54 Å². The molecule has 116 valence electrons. The minimum absolute atomic E-state index is 0.153. The Morgan fingerprint density at radius 1 is 1.33 bits per heavy atom. The van der Waals surface area contributed by atoms with Crippen molar-refractivity contribution in [3.05, 3.63) is 36.3 Å². The molecule has 6 nitrogen and oxygen atoms in total. The topological polar surface area (TPSA) is 74.0 Å². The first-order chi connectivity index (χ1) is 10.0. The van der Waals surface area contributed by atoms with Crippen molar-refractivity contribution in [2.45, 2.75) is 20.4 Å². The highest BCUT2D eigenvalue weighted by Crippen LogP contribution is 2.13. The van der Waals surface area contributed by atoms with Crippen molar-refractivity contribution in [3.8, 4) is 0 Å². The Kier molecular flexibility index (Phi) is 6.68. The molecule has 0 aliphatic carbocycles. The third-order valence-electron chi connectivity index (χ3n) is 3.11. The summed E-state index contributed by atoms with van der Waals surface area (Å²) >= 11 is 0. The van der Waals surface area contributed by atoms with Crippen LogP contribution in [0.25, 0.3) is 0 Å². The number of furan rings is 1. The molecule has 0 spiro atoms. The van der Waals surface area contributed by atoms with Gasteiger partial charge in [0.05, 0.1) is 6.54 Å². The highest BCUT2D eigenvalue weighted by Gasteiger charge is 2.20. The zero-order chi connectivity index (χ0) is 15.8. The fourth-order valence-electron chi connectivity index (χ4n) is 1.94. The van der Waals surface area contributed by atoms with E-state index in [0.29, 0.717) is 12.3 Å². The van der Waals surface area contributed by atoms with Gasteiger partial charge in [-0.25, -0.2) is 0 Å². The van der Waals surface area contributed by atoms with Gasteiger partial charge in [-0.05, 0) is 25.2 Å². The van der Waals surface area contributed by atoms with Crippen LogP contribution in [0.5, 0.6) is 0 Å². The molecule has 21 heavy (non-hydrogen) atoms. The molecule has 0 atom stereocenters. The largest absolute Gasteiger partial charge is 0.480 e. The summed E-state index contributed by atoms with van der Waals surface area (Å²) in [4.78, 5) is 26.3. The summed E-state index contributed by atoms with van der Waals surface area (Å²) in [5.74, 6) is -0.667. The third kappa shape index (κ3) is 5.07. The van der Waals surface area contributed by atoms with Crippen LogP contribution >= 0.6 is 0 Å². The highest BCUT2D eigenvalue weighted by molar-refractivity contribution is 5.93. The number of carboxylic acid groups (broad SMARTS) is 1. The van der Waals surface area contributed by atoms with Gasteiger partial charge in [0.1, 0.15) is 12.3 Å². The predicted molar refractivity (Wildman–Crippen MR) is 79.1 cm³/mol. The van der Waals surface area contributed by atoms with E-state index in [-0.39, 0.29) is 18.8 Å². The van der Waals surface area contributed by atoms with Crippen LogP contribution in [0.1, 0.15) is 30.2 Å². The summed E-state index contributed by atoms with van der Waals surface area (Å²) in [6.07, 6.45) is 1.49. The number of aliphatic carboxylic acids is 1. The number of carbonyl (C=O) groups is 2. The first kappa shape index (κ1) is 17.0. The van der Waals surface area contributed by atoms with Gasteiger partial charge < -0.3 is 14.4 Å². The number of hydrogen-bond acceptors (Lipinski definition) is 4. The first-order valence-electron chi connectivity index (χ1n) is 6.94. The van der Waals surface area contributed by atoms with Crippen LogP contribution in [0.2, 0.25) is 0 Å². The Labute approximate surface area is 124 Å². The molecule has 1 amide bonds.